The molecule has 0 N–H and O–H groups in total. The Morgan fingerprint density at radius 1 is 0.526 bits per heavy atom. The van der Waals surface area contributed by atoms with Gasteiger partial charge in [0.05, 0.1) is 0 Å². The summed E-state index contributed by atoms with van der Waals surface area (Å²) in [5.74, 6) is 0. The van der Waals surface area contributed by atoms with Crippen LogP contribution in [0.1, 0.15) is 83.5 Å². The monoisotopic (exact) mass is 436 g/mol. The van der Waals surface area contributed by atoms with Crippen LogP contribution in [0.25, 0.3) is 0 Å². The first-order chi connectivity index (χ1) is 9.27. The van der Waals surface area contributed by atoms with Crippen LogP contribution in [0, 0.1) is 0 Å². The van der Waals surface area contributed by atoms with Gasteiger partial charge in [-0.3, -0.25) is 0 Å². The lowest BCUT2D eigenvalue weighted by atomic mass is 10.1. The van der Waals surface area contributed by atoms with Crippen molar-refractivity contribution in [2.24, 2.45) is 0 Å². The van der Waals surface area contributed by atoms with Gasteiger partial charge < -0.3 is 0 Å². The number of hydrogen-bond donors (Lipinski definition) is 0. The van der Waals surface area contributed by atoms with Crippen LogP contribution in [0.4, 0.5) is 0 Å². The lowest BCUT2D eigenvalue weighted by molar-refractivity contribution is 0.543. The van der Waals surface area contributed by atoms with Gasteiger partial charge in [0, 0.05) is 0 Å². The van der Waals surface area contributed by atoms with Gasteiger partial charge in [-0.1, -0.05) is 99.6 Å². The Morgan fingerprint density at radius 2 is 0.842 bits per heavy atom. The molecule has 116 valence electrons. The molecule has 0 saturated carbocycles. The third-order valence-electron chi connectivity index (χ3n) is 3.56. The van der Waals surface area contributed by atoms with Crippen molar-refractivity contribution in [2.45, 2.75) is 89.5 Å². The zero-order chi connectivity index (χ0) is 14.2. The molecule has 0 heterocycles. The maximum Gasteiger partial charge on any atom is 0.237 e. The van der Waals surface area contributed by atoms with Crippen molar-refractivity contribution in [3.8, 4) is 0 Å². The molecule has 0 rings (SSSR count). The molecule has 0 aliphatic carbocycles. The van der Waals surface area contributed by atoms with Gasteiger partial charge in [0.25, 0.3) is 0 Å². The number of halogens is 3. The SMILES string of the molecule is Cl[SiH](Cl)CCCCCCCCCCCCCCCI. The molecule has 0 unspecified atom stereocenters. The second-order valence-electron chi connectivity index (χ2n) is 5.46. The molecule has 19 heavy (non-hydrogen) atoms. The first-order valence-electron chi connectivity index (χ1n) is 8.11. The zero-order valence-corrected chi connectivity index (χ0v) is 17.1. The van der Waals surface area contributed by atoms with Crippen molar-refractivity contribution >= 4 is 52.2 Å². The fraction of sp³-hybridized carbons (Fsp3) is 1.00. The van der Waals surface area contributed by atoms with E-state index in [-0.39, 0.29) is 0 Å². The Hall–Kier alpha value is 1.53. The predicted molar refractivity (Wildman–Crippen MR) is 103 cm³/mol. The summed E-state index contributed by atoms with van der Waals surface area (Å²) in [4.78, 5) is 0. The molecule has 0 amide bonds. The van der Waals surface area contributed by atoms with E-state index in [0.717, 1.165) is 6.04 Å². The number of hydrogen-bond acceptors (Lipinski definition) is 0. The normalized spacial score (nSPS) is 11.4. The summed E-state index contributed by atoms with van der Waals surface area (Å²) in [7, 11) is -1.32. The van der Waals surface area contributed by atoms with Crippen LogP contribution in [0.2, 0.25) is 6.04 Å². The molecular weight excluding hydrogens is 406 g/mol. The van der Waals surface area contributed by atoms with Crippen LogP contribution in [0.3, 0.4) is 0 Å². The Morgan fingerprint density at radius 3 is 1.16 bits per heavy atom. The summed E-state index contributed by atoms with van der Waals surface area (Å²) in [6.07, 6.45) is 18.4. The second kappa shape index (κ2) is 17.6. The third kappa shape index (κ3) is 19.5. The first kappa shape index (κ1) is 20.5. The van der Waals surface area contributed by atoms with Crippen molar-refractivity contribution in [1.29, 1.82) is 0 Å². The van der Waals surface area contributed by atoms with Gasteiger partial charge in [0.1, 0.15) is 0 Å². The van der Waals surface area contributed by atoms with E-state index in [1.165, 1.54) is 87.9 Å². The Balaban J connectivity index is 2.91. The van der Waals surface area contributed by atoms with Crippen molar-refractivity contribution < 1.29 is 0 Å². The van der Waals surface area contributed by atoms with E-state index in [1.807, 2.05) is 0 Å². The zero-order valence-electron chi connectivity index (χ0n) is 12.3. The molecule has 0 saturated heterocycles. The average molecular weight is 437 g/mol. The van der Waals surface area contributed by atoms with E-state index in [2.05, 4.69) is 22.6 Å². The summed E-state index contributed by atoms with van der Waals surface area (Å²) < 4.78 is 1.33. The van der Waals surface area contributed by atoms with E-state index in [4.69, 9.17) is 22.2 Å². The van der Waals surface area contributed by atoms with Crippen LogP contribution in [0.5, 0.6) is 0 Å². The van der Waals surface area contributed by atoms with Crippen LogP contribution in [-0.4, -0.2) is 11.8 Å². The summed E-state index contributed by atoms with van der Waals surface area (Å²) >= 11 is 14.1. The fourth-order valence-corrected chi connectivity index (χ4v) is 4.40. The second-order valence-corrected chi connectivity index (χ2v) is 11.7. The van der Waals surface area contributed by atoms with E-state index in [1.54, 1.807) is 0 Å². The van der Waals surface area contributed by atoms with Gasteiger partial charge in [0.2, 0.25) is 7.42 Å². The summed E-state index contributed by atoms with van der Waals surface area (Å²) in [6.45, 7) is 0. The Labute approximate surface area is 145 Å². The van der Waals surface area contributed by atoms with Gasteiger partial charge in [-0.2, -0.15) is 22.2 Å². The largest absolute Gasteiger partial charge is 0.237 e. The maximum atomic E-state index is 5.83. The van der Waals surface area contributed by atoms with Gasteiger partial charge in [0.15, 0.2) is 0 Å². The molecular formula is C15H31Cl2ISi. The maximum absolute atomic E-state index is 5.83. The Bertz CT molecular complexity index is 168. The van der Waals surface area contributed by atoms with E-state index >= 15 is 0 Å². The quantitative estimate of drug-likeness (QED) is 0.0836. The van der Waals surface area contributed by atoms with E-state index in [9.17, 15) is 0 Å². The Kier molecular flexibility index (Phi) is 19.0. The highest BCUT2D eigenvalue weighted by molar-refractivity contribution is 14.1. The molecule has 0 aliphatic heterocycles. The highest BCUT2D eigenvalue weighted by atomic mass is 127. The molecule has 4 heteroatoms. The predicted octanol–water partition coefficient (Wildman–Crippen LogP) is 7.19. The summed E-state index contributed by atoms with van der Waals surface area (Å²) in [5.41, 5.74) is 0. The van der Waals surface area contributed by atoms with Crippen molar-refractivity contribution in [3.05, 3.63) is 0 Å². The molecule has 0 spiro atoms. The standard InChI is InChI=1S/C15H31Cl2ISi/c16-19(17)15-13-11-9-7-5-3-1-2-4-6-8-10-12-14-18/h19H,1-15H2. The van der Waals surface area contributed by atoms with Crippen molar-refractivity contribution in [2.75, 3.05) is 4.43 Å². The molecule has 0 aliphatic rings. The van der Waals surface area contributed by atoms with Crippen LogP contribution >= 0.6 is 44.7 Å². The average Bonchev–Trinajstić information content (AvgIpc) is 2.39. The van der Waals surface area contributed by atoms with Crippen molar-refractivity contribution in [1.82, 2.24) is 0 Å². The number of unbranched alkanes of at least 4 members (excludes halogenated alkanes) is 12. The van der Waals surface area contributed by atoms with Crippen LogP contribution in [0.15, 0.2) is 0 Å². The van der Waals surface area contributed by atoms with E-state index in [0.29, 0.717) is 0 Å². The lowest BCUT2D eigenvalue weighted by Crippen LogP contribution is -1.91. The minimum Gasteiger partial charge on any atom is -0.150 e. The molecule has 0 aromatic carbocycles. The molecule has 0 fully saturated rings. The van der Waals surface area contributed by atoms with Crippen LogP contribution in [-0.2, 0) is 0 Å². The van der Waals surface area contributed by atoms with E-state index < -0.39 is 7.42 Å². The molecule has 0 radical (unpaired) electrons. The third-order valence-corrected chi connectivity index (χ3v) is 6.47. The first-order valence-corrected chi connectivity index (χ1v) is 13.9. The van der Waals surface area contributed by atoms with Gasteiger partial charge in [-0.05, 0) is 16.9 Å². The minimum atomic E-state index is -1.32. The van der Waals surface area contributed by atoms with Crippen molar-refractivity contribution in [3.63, 3.8) is 0 Å². The molecule has 0 aromatic heterocycles. The van der Waals surface area contributed by atoms with Crippen LogP contribution < -0.4 is 0 Å². The van der Waals surface area contributed by atoms with Gasteiger partial charge >= 0.3 is 0 Å². The molecule has 0 aromatic rings. The fourth-order valence-electron chi connectivity index (χ4n) is 2.34. The van der Waals surface area contributed by atoms with Gasteiger partial charge in [-0.15, -0.1) is 0 Å². The highest BCUT2D eigenvalue weighted by Crippen LogP contribution is 2.14. The summed E-state index contributed by atoms with van der Waals surface area (Å²) in [5, 5.41) is 0. The smallest absolute Gasteiger partial charge is 0.150 e. The highest BCUT2D eigenvalue weighted by Gasteiger charge is 2.00. The number of rotatable bonds is 15. The molecule has 0 bridgehead atoms. The van der Waals surface area contributed by atoms with Gasteiger partial charge in [-0.25, -0.2) is 0 Å². The minimum absolute atomic E-state index is 1.10. The molecule has 0 atom stereocenters. The molecule has 0 nitrogen and oxygen atoms in total. The summed E-state index contributed by atoms with van der Waals surface area (Å²) in [6, 6.07) is 1.10. The topological polar surface area (TPSA) is 0 Å². The lowest BCUT2D eigenvalue weighted by Gasteiger charge is -2.03. The number of alkyl halides is 1.